The SMILES string of the molecule is CN1CCC(O)(O)CC1. The highest BCUT2D eigenvalue weighted by Gasteiger charge is 2.27. The summed E-state index contributed by atoms with van der Waals surface area (Å²) in [5.41, 5.74) is 0. The molecule has 0 saturated carbocycles. The van der Waals surface area contributed by atoms with Crippen molar-refractivity contribution in [1.29, 1.82) is 0 Å². The summed E-state index contributed by atoms with van der Waals surface area (Å²) in [4.78, 5) is 2.09. The van der Waals surface area contributed by atoms with Gasteiger partial charge in [-0.15, -0.1) is 0 Å². The van der Waals surface area contributed by atoms with Gasteiger partial charge >= 0.3 is 0 Å². The summed E-state index contributed by atoms with van der Waals surface area (Å²) in [7, 11) is 1.98. The van der Waals surface area contributed by atoms with Gasteiger partial charge in [-0.1, -0.05) is 0 Å². The van der Waals surface area contributed by atoms with E-state index in [0.29, 0.717) is 12.8 Å². The summed E-state index contributed by atoms with van der Waals surface area (Å²) < 4.78 is 0. The molecule has 1 heterocycles. The largest absolute Gasteiger partial charge is 0.366 e. The molecule has 1 rings (SSSR count). The molecule has 0 spiro atoms. The van der Waals surface area contributed by atoms with Crippen LogP contribution in [0.4, 0.5) is 0 Å². The fourth-order valence-corrected chi connectivity index (χ4v) is 0.977. The molecule has 0 atom stereocenters. The van der Waals surface area contributed by atoms with Gasteiger partial charge in [-0.25, -0.2) is 0 Å². The molecule has 9 heavy (non-hydrogen) atoms. The Morgan fingerprint density at radius 2 is 1.67 bits per heavy atom. The maximum absolute atomic E-state index is 9.02. The van der Waals surface area contributed by atoms with E-state index < -0.39 is 5.79 Å². The first-order valence-corrected chi connectivity index (χ1v) is 3.23. The number of rotatable bonds is 0. The first-order chi connectivity index (χ1) is 4.10. The molecule has 0 aliphatic carbocycles. The van der Waals surface area contributed by atoms with E-state index in [0.717, 1.165) is 13.1 Å². The van der Waals surface area contributed by atoms with Gasteiger partial charge in [-0.2, -0.15) is 0 Å². The first kappa shape index (κ1) is 6.99. The van der Waals surface area contributed by atoms with Gasteiger partial charge in [0.25, 0.3) is 0 Å². The molecule has 0 unspecified atom stereocenters. The van der Waals surface area contributed by atoms with E-state index in [9.17, 15) is 0 Å². The normalized spacial score (nSPS) is 28.3. The van der Waals surface area contributed by atoms with E-state index in [1.54, 1.807) is 0 Å². The van der Waals surface area contributed by atoms with Gasteiger partial charge in [0.2, 0.25) is 0 Å². The minimum atomic E-state index is -1.38. The van der Waals surface area contributed by atoms with Crippen LogP contribution in [0.3, 0.4) is 0 Å². The van der Waals surface area contributed by atoms with Crippen molar-refractivity contribution in [3.8, 4) is 0 Å². The minimum absolute atomic E-state index is 0.476. The van der Waals surface area contributed by atoms with Crippen LogP contribution in [-0.2, 0) is 0 Å². The lowest BCUT2D eigenvalue weighted by molar-refractivity contribution is -0.187. The zero-order chi connectivity index (χ0) is 6.91. The van der Waals surface area contributed by atoms with Crippen molar-refractivity contribution < 1.29 is 10.2 Å². The van der Waals surface area contributed by atoms with Crippen LogP contribution >= 0.6 is 0 Å². The molecule has 0 aromatic heterocycles. The third kappa shape index (κ3) is 1.93. The van der Waals surface area contributed by atoms with Crippen molar-refractivity contribution in [2.75, 3.05) is 20.1 Å². The average Bonchev–Trinajstić information content (AvgIpc) is 1.78. The lowest BCUT2D eigenvalue weighted by Gasteiger charge is -2.31. The Labute approximate surface area is 54.9 Å². The molecule has 3 nitrogen and oxygen atoms in total. The number of aliphatic hydroxyl groups is 2. The van der Waals surface area contributed by atoms with Crippen molar-refractivity contribution in [1.82, 2.24) is 4.90 Å². The molecule has 0 amide bonds. The number of nitrogens with zero attached hydrogens (tertiary/aromatic N) is 1. The maximum atomic E-state index is 9.02. The second-order valence-electron chi connectivity index (χ2n) is 2.79. The second kappa shape index (κ2) is 2.25. The van der Waals surface area contributed by atoms with Crippen molar-refractivity contribution in [2.24, 2.45) is 0 Å². The Morgan fingerprint density at radius 3 is 2.00 bits per heavy atom. The van der Waals surface area contributed by atoms with Gasteiger partial charge in [0.1, 0.15) is 0 Å². The zero-order valence-electron chi connectivity index (χ0n) is 5.67. The van der Waals surface area contributed by atoms with E-state index in [1.165, 1.54) is 0 Å². The van der Waals surface area contributed by atoms with Gasteiger partial charge in [-0.3, -0.25) is 0 Å². The molecular formula is C6H13NO2. The molecular weight excluding hydrogens is 118 g/mol. The van der Waals surface area contributed by atoms with Gasteiger partial charge in [-0.05, 0) is 7.05 Å². The van der Waals surface area contributed by atoms with E-state index in [2.05, 4.69) is 4.90 Å². The standard InChI is InChI=1S/C6H13NO2/c1-7-4-2-6(8,9)3-5-7/h8-9H,2-5H2,1H3. The Morgan fingerprint density at radius 1 is 1.22 bits per heavy atom. The molecule has 0 bridgehead atoms. The molecule has 3 heteroatoms. The van der Waals surface area contributed by atoms with Crippen molar-refractivity contribution in [3.63, 3.8) is 0 Å². The smallest absolute Gasteiger partial charge is 0.164 e. The number of likely N-dealkylation sites (tertiary alicyclic amines) is 1. The first-order valence-electron chi connectivity index (χ1n) is 3.23. The van der Waals surface area contributed by atoms with E-state index in [4.69, 9.17) is 10.2 Å². The lowest BCUT2D eigenvalue weighted by Crippen LogP contribution is -2.42. The molecule has 2 N–H and O–H groups in total. The monoisotopic (exact) mass is 131 g/mol. The van der Waals surface area contributed by atoms with E-state index in [1.807, 2.05) is 7.05 Å². The summed E-state index contributed by atoms with van der Waals surface area (Å²) in [5.74, 6) is -1.38. The highest BCUT2D eigenvalue weighted by Crippen LogP contribution is 2.16. The summed E-state index contributed by atoms with van der Waals surface area (Å²) in [5, 5.41) is 18.0. The van der Waals surface area contributed by atoms with Crippen molar-refractivity contribution in [2.45, 2.75) is 18.6 Å². The Hall–Kier alpha value is -0.120. The third-order valence-corrected chi connectivity index (χ3v) is 1.79. The zero-order valence-corrected chi connectivity index (χ0v) is 5.67. The Kier molecular flexibility index (Phi) is 1.75. The number of piperidine rings is 1. The maximum Gasteiger partial charge on any atom is 0.164 e. The number of hydrogen-bond acceptors (Lipinski definition) is 3. The minimum Gasteiger partial charge on any atom is -0.366 e. The molecule has 1 saturated heterocycles. The molecule has 1 aliphatic rings. The Bertz CT molecular complexity index is 93.2. The fraction of sp³-hybridized carbons (Fsp3) is 1.00. The molecule has 1 aliphatic heterocycles. The lowest BCUT2D eigenvalue weighted by atomic mass is 10.1. The summed E-state index contributed by atoms with van der Waals surface area (Å²) >= 11 is 0. The van der Waals surface area contributed by atoms with E-state index in [-0.39, 0.29) is 0 Å². The van der Waals surface area contributed by atoms with Gasteiger partial charge in [0.05, 0.1) is 0 Å². The second-order valence-corrected chi connectivity index (χ2v) is 2.79. The van der Waals surface area contributed by atoms with Crippen molar-refractivity contribution >= 4 is 0 Å². The summed E-state index contributed by atoms with van der Waals surface area (Å²) in [6.07, 6.45) is 0.951. The van der Waals surface area contributed by atoms with Crippen LogP contribution in [0.2, 0.25) is 0 Å². The molecule has 1 fully saturated rings. The fourth-order valence-electron chi connectivity index (χ4n) is 0.977. The molecule has 54 valence electrons. The highest BCUT2D eigenvalue weighted by atomic mass is 16.5. The van der Waals surface area contributed by atoms with Crippen LogP contribution in [-0.4, -0.2) is 41.0 Å². The third-order valence-electron chi connectivity index (χ3n) is 1.79. The van der Waals surface area contributed by atoms with Crippen molar-refractivity contribution in [3.05, 3.63) is 0 Å². The Balaban J connectivity index is 2.35. The van der Waals surface area contributed by atoms with E-state index >= 15 is 0 Å². The van der Waals surface area contributed by atoms with Crippen LogP contribution in [0, 0.1) is 0 Å². The topological polar surface area (TPSA) is 43.7 Å². The highest BCUT2D eigenvalue weighted by molar-refractivity contribution is 4.73. The van der Waals surface area contributed by atoms with Crippen LogP contribution in [0.5, 0.6) is 0 Å². The molecule has 0 aromatic rings. The van der Waals surface area contributed by atoms with Gasteiger partial charge in [0, 0.05) is 25.9 Å². The predicted molar refractivity (Wildman–Crippen MR) is 33.9 cm³/mol. The quantitative estimate of drug-likeness (QED) is 0.431. The van der Waals surface area contributed by atoms with Crippen LogP contribution < -0.4 is 0 Å². The summed E-state index contributed by atoms with van der Waals surface area (Å²) in [6.45, 7) is 1.57. The number of hydrogen-bond donors (Lipinski definition) is 2. The average molecular weight is 131 g/mol. The van der Waals surface area contributed by atoms with Crippen LogP contribution in [0.25, 0.3) is 0 Å². The van der Waals surface area contributed by atoms with Crippen LogP contribution in [0.15, 0.2) is 0 Å². The van der Waals surface area contributed by atoms with Gasteiger partial charge in [0.15, 0.2) is 5.79 Å². The molecule has 0 aromatic carbocycles. The predicted octanol–water partition coefficient (Wildman–Crippen LogP) is -0.607. The van der Waals surface area contributed by atoms with Gasteiger partial charge < -0.3 is 15.1 Å². The summed E-state index contributed by atoms with van der Waals surface area (Å²) in [6, 6.07) is 0. The van der Waals surface area contributed by atoms with Crippen LogP contribution in [0.1, 0.15) is 12.8 Å². The molecule has 0 radical (unpaired) electrons.